The number of nitriles is 1. The molecule has 0 bridgehead atoms. The van der Waals surface area contributed by atoms with E-state index < -0.39 is 17.7 Å². The Morgan fingerprint density at radius 1 is 1.62 bits per heavy atom. The van der Waals surface area contributed by atoms with E-state index in [0.29, 0.717) is 11.3 Å². The summed E-state index contributed by atoms with van der Waals surface area (Å²) in [7, 11) is 0. The Bertz CT molecular complexity index is 706. The quantitative estimate of drug-likeness (QED) is 0.907. The zero-order valence-electron chi connectivity index (χ0n) is 11.2. The molecular formula is C14H12FN3O3. The molecular weight excluding hydrogens is 277 g/mol. The summed E-state index contributed by atoms with van der Waals surface area (Å²) in [6.45, 7) is 0.900. The summed E-state index contributed by atoms with van der Waals surface area (Å²) in [6.07, 6.45) is 2.69. The minimum atomic E-state index is -0.674. The van der Waals surface area contributed by atoms with Crippen LogP contribution in [0, 0.1) is 17.1 Å². The highest BCUT2D eigenvalue weighted by atomic mass is 19.1. The summed E-state index contributed by atoms with van der Waals surface area (Å²) in [5.74, 6) is -1.85. The molecule has 0 saturated heterocycles. The highest BCUT2D eigenvalue weighted by molar-refractivity contribution is 5.66. The largest absolute Gasteiger partial charge is 0.395 e. The molecule has 108 valence electrons. The molecule has 1 heterocycles. The number of aliphatic hydroxyl groups excluding tert-OH is 1. The number of rotatable bonds is 4. The minimum Gasteiger partial charge on any atom is -0.395 e. The van der Waals surface area contributed by atoms with Crippen LogP contribution in [-0.4, -0.2) is 27.4 Å². The first-order chi connectivity index (χ1) is 10.1. The number of hydrogen-bond donors (Lipinski definition) is 1. The van der Waals surface area contributed by atoms with Crippen LogP contribution in [0.3, 0.4) is 0 Å². The average Bonchev–Trinajstić information content (AvgIpc) is 2.87. The molecule has 0 aliphatic heterocycles. The van der Waals surface area contributed by atoms with Crippen LogP contribution >= 0.6 is 0 Å². The van der Waals surface area contributed by atoms with Gasteiger partial charge in [0.2, 0.25) is 0 Å². The standard InChI is InChI=1S/C14H12FN3O3/c1-9(20)21-18-8-17-6-14(18)12(7-19)10-2-3-11(5-16)13(15)4-10/h2-4,6,8,12,19H,7H2,1H3. The van der Waals surface area contributed by atoms with E-state index in [0.717, 1.165) is 4.73 Å². The highest BCUT2D eigenvalue weighted by Gasteiger charge is 2.20. The predicted molar refractivity (Wildman–Crippen MR) is 69.5 cm³/mol. The first-order valence-corrected chi connectivity index (χ1v) is 6.08. The van der Waals surface area contributed by atoms with Gasteiger partial charge in [0.1, 0.15) is 18.2 Å². The maximum absolute atomic E-state index is 13.7. The Hall–Kier alpha value is -2.72. The van der Waals surface area contributed by atoms with Gasteiger partial charge in [0.15, 0.2) is 0 Å². The van der Waals surface area contributed by atoms with Gasteiger partial charge < -0.3 is 9.94 Å². The van der Waals surface area contributed by atoms with Crippen LogP contribution in [0.1, 0.15) is 29.7 Å². The van der Waals surface area contributed by atoms with Crippen LogP contribution in [-0.2, 0) is 4.79 Å². The monoisotopic (exact) mass is 289 g/mol. The van der Waals surface area contributed by atoms with Gasteiger partial charge in [-0.15, -0.1) is 0 Å². The van der Waals surface area contributed by atoms with Crippen LogP contribution in [0.5, 0.6) is 0 Å². The molecule has 21 heavy (non-hydrogen) atoms. The molecule has 1 aromatic carbocycles. The maximum Gasteiger partial charge on any atom is 0.329 e. The molecule has 0 radical (unpaired) electrons. The van der Waals surface area contributed by atoms with E-state index in [4.69, 9.17) is 10.1 Å². The van der Waals surface area contributed by atoms with Crippen molar-refractivity contribution in [2.24, 2.45) is 0 Å². The summed E-state index contributed by atoms with van der Waals surface area (Å²) in [4.78, 5) is 19.8. The van der Waals surface area contributed by atoms with Crippen molar-refractivity contribution >= 4 is 5.97 Å². The molecule has 1 N–H and O–H groups in total. The molecule has 1 aromatic heterocycles. The van der Waals surface area contributed by atoms with Gasteiger partial charge in [0, 0.05) is 6.92 Å². The number of nitrogens with zero attached hydrogens (tertiary/aromatic N) is 3. The molecule has 2 rings (SSSR count). The van der Waals surface area contributed by atoms with E-state index >= 15 is 0 Å². The molecule has 0 aliphatic carbocycles. The molecule has 2 aromatic rings. The lowest BCUT2D eigenvalue weighted by Gasteiger charge is -2.16. The van der Waals surface area contributed by atoms with E-state index in [1.165, 1.54) is 37.6 Å². The van der Waals surface area contributed by atoms with E-state index in [9.17, 15) is 14.3 Å². The van der Waals surface area contributed by atoms with Crippen LogP contribution in [0.2, 0.25) is 0 Å². The summed E-state index contributed by atoms with van der Waals surface area (Å²) in [6, 6.07) is 5.77. The molecule has 1 unspecified atom stereocenters. The van der Waals surface area contributed by atoms with E-state index in [1.807, 2.05) is 0 Å². The fourth-order valence-electron chi connectivity index (χ4n) is 1.96. The van der Waals surface area contributed by atoms with Crippen molar-refractivity contribution < 1.29 is 19.1 Å². The lowest BCUT2D eigenvalue weighted by Crippen LogP contribution is -2.21. The molecule has 6 nitrogen and oxygen atoms in total. The second-order valence-electron chi connectivity index (χ2n) is 4.31. The van der Waals surface area contributed by atoms with Gasteiger partial charge in [-0.05, 0) is 17.7 Å². The normalized spacial score (nSPS) is 11.7. The summed E-state index contributed by atoms with van der Waals surface area (Å²) < 4.78 is 14.8. The Morgan fingerprint density at radius 2 is 2.38 bits per heavy atom. The summed E-state index contributed by atoms with van der Waals surface area (Å²) >= 11 is 0. The third-order valence-corrected chi connectivity index (χ3v) is 2.92. The number of aromatic nitrogens is 2. The molecule has 0 saturated carbocycles. The first-order valence-electron chi connectivity index (χ1n) is 6.08. The lowest BCUT2D eigenvalue weighted by molar-refractivity contribution is -0.141. The Kier molecular flexibility index (Phi) is 4.30. The molecule has 0 aliphatic rings. The number of benzene rings is 1. The van der Waals surface area contributed by atoms with Gasteiger partial charge in [-0.1, -0.05) is 6.07 Å². The number of carbonyl (C=O) groups is 1. The van der Waals surface area contributed by atoms with Crippen molar-refractivity contribution in [1.82, 2.24) is 9.71 Å². The van der Waals surface area contributed by atoms with Crippen molar-refractivity contribution in [1.29, 1.82) is 5.26 Å². The SMILES string of the molecule is CC(=O)On1cncc1C(CO)c1ccc(C#N)c(F)c1. The van der Waals surface area contributed by atoms with E-state index in [1.54, 1.807) is 6.07 Å². The smallest absolute Gasteiger partial charge is 0.329 e. The Morgan fingerprint density at radius 3 is 2.95 bits per heavy atom. The van der Waals surface area contributed by atoms with Gasteiger partial charge in [-0.2, -0.15) is 9.99 Å². The van der Waals surface area contributed by atoms with Gasteiger partial charge in [0.25, 0.3) is 0 Å². The van der Waals surface area contributed by atoms with E-state index in [-0.39, 0.29) is 12.2 Å². The van der Waals surface area contributed by atoms with Crippen molar-refractivity contribution in [3.05, 3.63) is 53.4 Å². The van der Waals surface area contributed by atoms with Crippen LogP contribution in [0.25, 0.3) is 0 Å². The third kappa shape index (κ3) is 3.07. The Labute approximate surface area is 120 Å². The average molecular weight is 289 g/mol. The maximum atomic E-state index is 13.7. The molecule has 0 fully saturated rings. The second-order valence-corrected chi connectivity index (χ2v) is 4.31. The zero-order chi connectivity index (χ0) is 15.4. The molecule has 0 spiro atoms. The second kappa shape index (κ2) is 6.15. The fraction of sp³-hybridized carbons (Fsp3) is 0.214. The van der Waals surface area contributed by atoms with Gasteiger partial charge in [-0.3, -0.25) is 0 Å². The molecule has 0 amide bonds. The van der Waals surface area contributed by atoms with Gasteiger partial charge in [-0.25, -0.2) is 14.2 Å². The molecule has 1 atom stereocenters. The summed E-state index contributed by atoms with van der Waals surface area (Å²) in [5, 5.41) is 18.3. The highest BCUT2D eigenvalue weighted by Crippen LogP contribution is 2.25. The van der Waals surface area contributed by atoms with Crippen molar-refractivity contribution in [3.8, 4) is 6.07 Å². The molecule has 7 heteroatoms. The minimum absolute atomic E-state index is 0.0797. The van der Waals surface area contributed by atoms with Crippen molar-refractivity contribution in [2.75, 3.05) is 6.61 Å². The van der Waals surface area contributed by atoms with Gasteiger partial charge >= 0.3 is 5.97 Å². The Balaban J connectivity index is 2.41. The van der Waals surface area contributed by atoms with Gasteiger partial charge in [0.05, 0.1) is 30.0 Å². The topological polar surface area (TPSA) is 88.1 Å². The number of halogens is 1. The number of hydrogen-bond acceptors (Lipinski definition) is 5. The van der Waals surface area contributed by atoms with Crippen LogP contribution in [0.4, 0.5) is 4.39 Å². The summed E-state index contributed by atoms with van der Waals surface area (Å²) in [5.41, 5.74) is 0.767. The fourth-order valence-corrected chi connectivity index (χ4v) is 1.96. The predicted octanol–water partition coefficient (Wildman–Crippen LogP) is 0.993. The number of aliphatic hydroxyl groups is 1. The zero-order valence-corrected chi connectivity index (χ0v) is 11.2. The third-order valence-electron chi connectivity index (χ3n) is 2.92. The van der Waals surface area contributed by atoms with Crippen molar-refractivity contribution in [2.45, 2.75) is 12.8 Å². The first kappa shape index (κ1) is 14.7. The van der Waals surface area contributed by atoms with Crippen LogP contribution < -0.4 is 4.84 Å². The van der Waals surface area contributed by atoms with E-state index in [2.05, 4.69) is 4.98 Å². The number of carbonyl (C=O) groups excluding carboxylic acids is 1. The number of imidazole rings is 1. The van der Waals surface area contributed by atoms with Crippen LogP contribution in [0.15, 0.2) is 30.7 Å². The van der Waals surface area contributed by atoms with Crippen molar-refractivity contribution in [3.63, 3.8) is 0 Å². The lowest BCUT2D eigenvalue weighted by atomic mass is 9.96.